The maximum atomic E-state index is 11.1. The summed E-state index contributed by atoms with van der Waals surface area (Å²) in [4.78, 5) is 11.1. The zero-order valence-corrected chi connectivity index (χ0v) is 10.3. The summed E-state index contributed by atoms with van der Waals surface area (Å²) < 4.78 is 0. The Bertz CT molecular complexity index is 420. The summed E-state index contributed by atoms with van der Waals surface area (Å²) in [6, 6.07) is 7.30. The van der Waals surface area contributed by atoms with Crippen molar-refractivity contribution in [1.82, 2.24) is 0 Å². The Morgan fingerprint density at radius 1 is 1.53 bits per heavy atom. The third kappa shape index (κ3) is 4.93. The molecule has 1 unspecified atom stereocenters. The molecule has 1 rings (SSSR count). The normalized spacial score (nSPS) is 11.8. The first-order valence-corrected chi connectivity index (χ1v) is 5.92. The highest BCUT2D eigenvalue weighted by Crippen LogP contribution is 2.18. The largest absolute Gasteiger partial charge is 0.481 e. The van der Waals surface area contributed by atoms with Crippen LogP contribution < -0.4 is 0 Å². The van der Waals surface area contributed by atoms with Gasteiger partial charge in [-0.1, -0.05) is 23.7 Å². The van der Waals surface area contributed by atoms with E-state index in [1.807, 2.05) is 12.1 Å². The van der Waals surface area contributed by atoms with E-state index < -0.39 is 5.97 Å². The second-order valence-corrected chi connectivity index (χ2v) is 4.40. The van der Waals surface area contributed by atoms with Crippen molar-refractivity contribution in [3.05, 3.63) is 34.9 Å². The molecule has 90 valence electrons. The summed E-state index contributed by atoms with van der Waals surface area (Å²) in [5.41, 5.74) is 0.950. The van der Waals surface area contributed by atoms with Crippen molar-refractivity contribution in [2.45, 2.75) is 25.7 Å². The number of carboxylic acids is 1. The van der Waals surface area contributed by atoms with Gasteiger partial charge >= 0.3 is 5.97 Å². The lowest BCUT2D eigenvalue weighted by Crippen LogP contribution is -2.16. The summed E-state index contributed by atoms with van der Waals surface area (Å²) in [5, 5.41) is 9.75. The van der Waals surface area contributed by atoms with E-state index in [1.165, 1.54) is 0 Å². The fraction of sp³-hybridized carbons (Fsp3) is 0.357. The molecule has 0 amide bonds. The number of hydrogen-bond donors (Lipinski definition) is 1. The van der Waals surface area contributed by atoms with Gasteiger partial charge in [0, 0.05) is 11.4 Å². The van der Waals surface area contributed by atoms with Gasteiger partial charge in [0.1, 0.15) is 0 Å². The summed E-state index contributed by atoms with van der Waals surface area (Å²) in [6.45, 7) is 0. The fourth-order valence-corrected chi connectivity index (χ4v) is 1.92. The summed E-state index contributed by atoms with van der Waals surface area (Å²) in [6.07, 6.45) is 7.62. The summed E-state index contributed by atoms with van der Waals surface area (Å²) in [7, 11) is 0. The van der Waals surface area contributed by atoms with Gasteiger partial charge in [-0.3, -0.25) is 4.79 Å². The molecule has 0 spiro atoms. The van der Waals surface area contributed by atoms with Crippen LogP contribution in [-0.4, -0.2) is 11.1 Å². The van der Waals surface area contributed by atoms with Gasteiger partial charge in [-0.05, 0) is 37.0 Å². The average molecular weight is 251 g/mol. The molecule has 0 aliphatic heterocycles. The van der Waals surface area contributed by atoms with Gasteiger partial charge in [0.15, 0.2) is 0 Å². The fourth-order valence-electron chi connectivity index (χ4n) is 1.71. The highest BCUT2D eigenvalue weighted by atomic mass is 35.5. The van der Waals surface area contributed by atoms with E-state index in [-0.39, 0.29) is 5.92 Å². The van der Waals surface area contributed by atoms with Crippen molar-refractivity contribution >= 4 is 17.6 Å². The van der Waals surface area contributed by atoms with Crippen molar-refractivity contribution in [3.63, 3.8) is 0 Å². The number of hydrogen-bond acceptors (Lipinski definition) is 1. The molecule has 0 fully saturated rings. The van der Waals surface area contributed by atoms with Gasteiger partial charge in [0.25, 0.3) is 0 Å². The Labute approximate surface area is 107 Å². The number of carboxylic acid groups (broad SMARTS) is 1. The Balaban J connectivity index is 2.61. The lowest BCUT2D eigenvalue weighted by Gasteiger charge is -2.11. The third-order valence-corrected chi connectivity index (χ3v) is 2.83. The van der Waals surface area contributed by atoms with Crippen LogP contribution in [0.25, 0.3) is 0 Å². The second kappa shape index (κ2) is 6.98. The minimum absolute atomic E-state index is 0.387. The molecule has 17 heavy (non-hydrogen) atoms. The molecule has 1 aromatic carbocycles. The average Bonchev–Trinajstić information content (AvgIpc) is 2.28. The first-order chi connectivity index (χ1) is 8.13. The molecule has 0 aliphatic carbocycles. The SMILES string of the molecule is C#CCCCC(Cc1cccc(Cl)c1)C(=O)O. The van der Waals surface area contributed by atoms with E-state index >= 15 is 0 Å². The van der Waals surface area contributed by atoms with Crippen molar-refractivity contribution in [2.24, 2.45) is 5.92 Å². The second-order valence-electron chi connectivity index (χ2n) is 3.97. The molecule has 0 radical (unpaired) electrons. The van der Waals surface area contributed by atoms with Crippen LogP contribution in [0.15, 0.2) is 24.3 Å². The summed E-state index contributed by atoms with van der Waals surface area (Å²) >= 11 is 5.86. The zero-order valence-electron chi connectivity index (χ0n) is 9.53. The molecule has 0 aliphatic rings. The maximum Gasteiger partial charge on any atom is 0.306 e. The van der Waals surface area contributed by atoms with E-state index in [4.69, 9.17) is 23.1 Å². The third-order valence-electron chi connectivity index (χ3n) is 2.59. The van der Waals surface area contributed by atoms with Gasteiger partial charge in [-0.25, -0.2) is 0 Å². The van der Waals surface area contributed by atoms with Crippen LogP contribution in [0.5, 0.6) is 0 Å². The van der Waals surface area contributed by atoms with Crippen molar-refractivity contribution in [2.75, 3.05) is 0 Å². The molecule has 0 aromatic heterocycles. The molecule has 0 saturated heterocycles. The van der Waals surface area contributed by atoms with Crippen LogP contribution in [0.4, 0.5) is 0 Å². The Kier molecular flexibility index (Phi) is 5.59. The van der Waals surface area contributed by atoms with Crippen LogP contribution in [0, 0.1) is 18.3 Å². The number of rotatable bonds is 6. The first-order valence-electron chi connectivity index (χ1n) is 5.54. The van der Waals surface area contributed by atoms with Gasteiger partial charge in [-0.15, -0.1) is 12.3 Å². The molecule has 2 nitrogen and oxygen atoms in total. The van der Waals surface area contributed by atoms with Crippen LogP contribution in [0.2, 0.25) is 5.02 Å². The molecular weight excluding hydrogens is 236 g/mol. The van der Waals surface area contributed by atoms with E-state index in [9.17, 15) is 4.79 Å². The monoisotopic (exact) mass is 250 g/mol. The smallest absolute Gasteiger partial charge is 0.306 e. The lowest BCUT2D eigenvalue weighted by molar-refractivity contribution is -0.141. The Hall–Kier alpha value is -1.46. The number of aliphatic carboxylic acids is 1. The standard InChI is InChI=1S/C14H15ClO2/c1-2-3-4-7-12(14(16)17)9-11-6-5-8-13(15)10-11/h1,5-6,8,10,12H,3-4,7,9H2,(H,16,17). The van der Waals surface area contributed by atoms with Gasteiger partial charge in [0.05, 0.1) is 5.92 Å². The van der Waals surface area contributed by atoms with Crippen molar-refractivity contribution in [1.29, 1.82) is 0 Å². The predicted octanol–water partition coefficient (Wildman–Crippen LogP) is 3.39. The lowest BCUT2D eigenvalue weighted by atomic mass is 9.94. The Morgan fingerprint density at radius 3 is 2.88 bits per heavy atom. The van der Waals surface area contributed by atoms with Crippen molar-refractivity contribution in [3.8, 4) is 12.3 Å². The van der Waals surface area contributed by atoms with E-state index in [0.717, 1.165) is 12.0 Å². The van der Waals surface area contributed by atoms with Gasteiger partial charge < -0.3 is 5.11 Å². The molecule has 1 N–H and O–H groups in total. The molecule has 3 heteroatoms. The van der Waals surface area contributed by atoms with E-state index in [2.05, 4.69) is 5.92 Å². The molecule has 0 bridgehead atoms. The number of halogens is 1. The van der Waals surface area contributed by atoms with E-state index in [1.54, 1.807) is 12.1 Å². The topological polar surface area (TPSA) is 37.3 Å². The van der Waals surface area contributed by atoms with E-state index in [0.29, 0.717) is 24.3 Å². The van der Waals surface area contributed by atoms with Crippen LogP contribution in [0.3, 0.4) is 0 Å². The number of unbranched alkanes of at least 4 members (excludes halogenated alkanes) is 1. The minimum atomic E-state index is -0.776. The molecular formula is C14H15ClO2. The maximum absolute atomic E-state index is 11.1. The molecule has 1 atom stereocenters. The number of carbonyl (C=O) groups is 1. The minimum Gasteiger partial charge on any atom is -0.481 e. The van der Waals surface area contributed by atoms with Gasteiger partial charge in [-0.2, -0.15) is 0 Å². The van der Waals surface area contributed by atoms with Crippen molar-refractivity contribution < 1.29 is 9.90 Å². The highest BCUT2D eigenvalue weighted by Gasteiger charge is 2.17. The number of benzene rings is 1. The quantitative estimate of drug-likeness (QED) is 0.621. The highest BCUT2D eigenvalue weighted by molar-refractivity contribution is 6.30. The number of terminal acetylenes is 1. The summed E-state index contributed by atoms with van der Waals surface area (Å²) in [5.74, 6) is 1.36. The van der Waals surface area contributed by atoms with Crippen LogP contribution in [0.1, 0.15) is 24.8 Å². The Morgan fingerprint density at radius 2 is 2.29 bits per heavy atom. The van der Waals surface area contributed by atoms with Gasteiger partial charge in [0.2, 0.25) is 0 Å². The molecule has 0 saturated carbocycles. The zero-order chi connectivity index (χ0) is 12.7. The van der Waals surface area contributed by atoms with Crippen LogP contribution in [-0.2, 0) is 11.2 Å². The molecule has 0 heterocycles. The molecule has 1 aromatic rings. The predicted molar refractivity (Wildman–Crippen MR) is 69.0 cm³/mol. The first kappa shape index (κ1) is 13.6. The van der Waals surface area contributed by atoms with Crippen LogP contribution >= 0.6 is 11.6 Å².